The van der Waals surface area contributed by atoms with Gasteiger partial charge in [-0.1, -0.05) is 12.1 Å². The molecular weight excluding hydrogens is 310 g/mol. The lowest BCUT2D eigenvalue weighted by molar-refractivity contribution is -0.147. The summed E-state index contributed by atoms with van der Waals surface area (Å²) >= 11 is 0. The molecule has 2 heterocycles. The zero-order valence-corrected chi connectivity index (χ0v) is 13.9. The highest BCUT2D eigenvalue weighted by Gasteiger charge is 2.42. The molecule has 0 radical (unpaired) electrons. The van der Waals surface area contributed by atoms with Gasteiger partial charge >= 0.3 is 5.97 Å². The Bertz CT molecular complexity index is 626. The molecule has 6 heteroatoms. The Balaban J connectivity index is 1.70. The van der Waals surface area contributed by atoms with Gasteiger partial charge in [-0.15, -0.1) is 0 Å². The van der Waals surface area contributed by atoms with Gasteiger partial charge in [-0.2, -0.15) is 0 Å². The van der Waals surface area contributed by atoms with Crippen LogP contribution in [-0.4, -0.2) is 54.3 Å². The Hall–Kier alpha value is -2.08. The van der Waals surface area contributed by atoms with Crippen molar-refractivity contribution in [1.29, 1.82) is 0 Å². The molecule has 0 aromatic heterocycles. The van der Waals surface area contributed by atoms with Gasteiger partial charge in [-0.25, -0.2) is 0 Å². The fourth-order valence-corrected chi connectivity index (χ4v) is 3.21. The molecule has 0 spiro atoms. The molecule has 2 atom stereocenters. The molecule has 24 heavy (non-hydrogen) atoms. The number of ether oxygens (including phenoxy) is 2. The molecular formula is C18H23NO5. The molecule has 6 nitrogen and oxygen atoms in total. The van der Waals surface area contributed by atoms with Crippen LogP contribution in [0.25, 0.3) is 0 Å². The van der Waals surface area contributed by atoms with Crippen LogP contribution in [0.15, 0.2) is 24.3 Å². The third-order valence-corrected chi connectivity index (χ3v) is 4.84. The molecule has 0 bridgehead atoms. The number of likely N-dealkylation sites (tertiary alicyclic amines) is 1. The van der Waals surface area contributed by atoms with Gasteiger partial charge in [-0.3, -0.25) is 9.59 Å². The first kappa shape index (κ1) is 16.8. The number of carboxylic acids is 1. The summed E-state index contributed by atoms with van der Waals surface area (Å²) in [7, 11) is 0. The van der Waals surface area contributed by atoms with E-state index in [-0.39, 0.29) is 18.6 Å². The Morgan fingerprint density at radius 1 is 1.42 bits per heavy atom. The van der Waals surface area contributed by atoms with Crippen LogP contribution in [0.5, 0.6) is 5.75 Å². The highest BCUT2D eigenvalue weighted by atomic mass is 16.5. The van der Waals surface area contributed by atoms with Gasteiger partial charge in [0.1, 0.15) is 12.4 Å². The largest absolute Gasteiger partial charge is 0.490 e. The molecule has 0 saturated carbocycles. The molecule has 2 saturated heterocycles. The van der Waals surface area contributed by atoms with E-state index >= 15 is 0 Å². The number of carbonyl (C=O) groups is 2. The van der Waals surface area contributed by atoms with Crippen LogP contribution in [0.3, 0.4) is 0 Å². The van der Waals surface area contributed by atoms with Crippen LogP contribution in [-0.2, 0) is 9.53 Å². The predicted molar refractivity (Wildman–Crippen MR) is 87.2 cm³/mol. The second-order valence-corrected chi connectivity index (χ2v) is 6.78. The van der Waals surface area contributed by atoms with E-state index < -0.39 is 11.4 Å². The summed E-state index contributed by atoms with van der Waals surface area (Å²) < 4.78 is 11.4. The first-order chi connectivity index (χ1) is 11.5. The number of nitrogens with zero attached hydrogens (tertiary/aromatic N) is 1. The summed E-state index contributed by atoms with van der Waals surface area (Å²) in [6.07, 6.45) is 2.55. The van der Waals surface area contributed by atoms with Crippen molar-refractivity contribution < 1.29 is 24.2 Å². The number of hydrogen-bond acceptors (Lipinski definition) is 4. The van der Waals surface area contributed by atoms with E-state index in [4.69, 9.17) is 9.47 Å². The van der Waals surface area contributed by atoms with Crippen molar-refractivity contribution in [2.45, 2.75) is 32.3 Å². The Morgan fingerprint density at radius 2 is 2.21 bits per heavy atom. The monoisotopic (exact) mass is 333 g/mol. The minimum Gasteiger partial charge on any atom is -0.490 e. The van der Waals surface area contributed by atoms with Crippen LogP contribution >= 0.6 is 0 Å². The molecule has 1 amide bonds. The van der Waals surface area contributed by atoms with Gasteiger partial charge in [-0.05, 0) is 38.3 Å². The van der Waals surface area contributed by atoms with Gasteiger partial charge in [0, 0.05) is 19.7 Å². The number of hydrogen-bond donors (Lipinski definition) is 1. The van der Waals surface area contributed by atoms with E-state index in [1.165, 1.54) is 0 Å². The van der Waals surface area contributed by atoms with Gasteiger partial charge in [0.25, 0.3) is 5.91 Å². The number of rotatable bonds is 5. The highest BCUT2D eigenvalue weighted by molar-refractivity contribution is 5.97. The summed E-state index contributed by atoms with van der Waals surface area (Å²) in [5.74, 6) is -0.509. The van der Waals surface area contributed by atoms with Crippen LogP contribution in [0.4, 0.5) is 0 Å². The summed E-state index contributed by atoms with van der Waals surface area (Å²) in [5.41, 5.74) is -0.395. The molecule has 2 unspecified atom stereocenters. The Morgan fingerprint density at radius 3 is 2.88 bits per heavy atom. The number of para-hydroxylation sites is 1. The third kappa shape index (κ3) is 3.38. The van der Waals surface area contributed by atoms with Crippen molar-refractivity contribution in [3.8, 4) is 5.75 Å². The molecule has 1 aromatic rings. The first-order valence-electron chi connectivity index (χ1n) is 8.36. The second kappa shape index (κ2) is 6.81. The van der Waals surface area contributed by atoms with Gasteiger partial charge in [0.05, 0.1) is 17.1 Å². The van der Waals surface area contributed by atoms with E-state index in [1.54, 1.807) is 30.0 Å². The SMILES string of the molecule is CC1(C(=O)O)CCN(C(=O)c2ccccc2OCC2CCCO2)C1. The van der Waals surface area contributed by atoms with E-state index in [0.29, 0.717) is 30.9 Å². The third-order valence-electron chi connectivity index (χ3n) is 4.84. The van der Waals surface area contributed by atoms with Crippen LogP contribution in [0, 0.1) is 5.41 Å². The van der Waals surface area contributed by atoms with Gasteiger partial charge in [0.2, 0.25) is 0 Å². The normalized spacial score (nSPS) is 26.5. The van der Waals surface area contributed by atoms with Crippen LogP contribution in [0.1, 0.15) is 36.5 Å². The van der Waals surface area contributed by atoms with E-state index in [2.05, 4.69) is 0 Å². The number of carboxylic acid groups (broad SMARTS) is 1. The molecule has 2 aliphatic heterocycles. The van der Waals surface area contributed by atoms with Crippen molar-refractivity contribution in [3.05, 3.63) is 29.8 Å². The average Bonchev–Trinajstić information content (AvgIpc) is 3.23. The predicted octanol–water partition coefficient (Wildman–Crippen LogP) is 2.18. The minimum absolute atomic E-state index is 0.0789. The van der Waals surface area contributed by atoms with Crippen LogP contribution < -0.4 is 4.74 Å². The molecule has 130 valence electrons. The van der Waals surface area contributed by atoms with E-state index in [1.807, 2.05) is 6.07 Å². The molecule has 2 aliphatic rings. The summed E-state index contributed by atoms with van der Waals surface area (Å²) in [6, 6.07) is 7.11. The molecule has 0 aliphatic carbocycles. The number of amides is 1. The summed E-state index contributed by atoms with van der Waals surface area (Å²) in [4.78, 5) is 25.8. The lowest BCUT2D eigenvalue weighted by Crippen LogP contribution is -2.35. The number of benzene rings is 1. The van der Waals surface area contributed by atoms with Crippen molar-refractivity contribution in [2.75, 3.05) is 26.3 Å². The Kier molecular flexibility index (Phi) is 4.76. The molecule has 3 rings (SSSR count). The zero-order valence-electron chi connectivity index (χ0n) is 13.9. The number of aliphatic carboxylic acids is 1. The highest BCUT2D eigenvalue weighted by Crippen LogP contribution is 2.32. The second-order valence-electron chi connectivity index (χ2n) is 6.78. The quantitative estimate of drug-likeness (QED) is 0.894. The van der Waals surface area contributed by atoms with Crippen molar-refractivity contribution in [3.63, 3.8) is 0 Å². The standard InChI is InChI=1S/C18H23NO5/c1-18(17(21)22)8-9-19(12-18)16(20)14-6-2-3-7-15(14)24-11-13-5-4-10-23-13/h2-3,6-7,13H,4-5,8-12H2,1H3,(H,21,22). The maximum Gasteiger partial charge on any atom is 0.311 e. The van der Waals surface area contributed by atoms with Crippen molar-refractivity contribution in [2.24, 2.45) is 5.41 Å². The lowest BCUT2D eigenvalue weighted by Gasteiger charge is -2.21. The fourth-order valence-electron chi connectivity index (χ4n) is 3.21. The lowest BCUT2D eigenvalue weighted by atomic mass is 9.90. The van der Waals surface area contributed by atoms with Gasteiger partial charge < -0.3 is 19.5 Å². The molecule has 1 aromatic carbocycles. The van der Waals surface area contributed by atoms with E-state index in [9.17, 15) is 14.7 Å². The van der Waals surface area contributed by atoms with Crippen molar-refractivity contribution >= 4 is 11.9 Å². The fraction of sp³-hybridized carbons (Fsp3) is 0.556. The minimum atomic E-state index is -0.872. The topological polar surface area (TPSA) is 76.1 Å². The number of carbonyl (C=O) groups excluding carboxylic acids is 1. The summed E-state index contributed by atoms with van der Waals surface area (Å²) in [6.45, 7) is 3.54. The smallest absolute Gasteiger partial charge is 0.311 e. The molecule has 1 N–H and O–H groups in total. The Labute approximate surface area is 141 Å². The van der Waals surface area contributed by atoms with Crippen molar-refractivity contribution in [1.82, 2.24) is 4.90 Å². The van der Waals surface area contributed by atoms with Crippen LogP contribution in [0.2, 0.25) is 0 Å². The maximum atomic E-state index is 12.8. The van der Waals surface area contributed by atoms with E-state index in [0.717, 1.165) is 19.4 Å². The first-order valence-corrected chi connectivity index (χ1v) is 8.36. The zero-order chi connectivity index (χ0) is 17.2. The average molecular weight is 333 g/mol. The maximum absolute atomic E-state index is 12.8. The molecule has 2 fully saturated rings. The summed E-state index contributed by atoms with van der Waals surface area (Å²) in [5, 5.41) is 9.33. The van der Waals surface area contributed by atoms with Gasteiger partial charge in [0.15, 0.2) is 0 Å².